The largest absolute Gasteiger partial charge is 0.312 e. The highest BCUT2D eigenvalue weighted by molar-refractivity contribution is 7.97. The van der Waals surface area contributed by atoms with E-state index in [4.69, 9.17) is 11.6 Å². The molecule has 1 fully saturated rings. The van der Waals surface area contributed by atoms with Crippen LogP contribution >= 0.6 is 22.9 Å². The molecule has 2 heterocycles. The highest BCUT2D eigenvalue weighted by Crippen LogP contribution is 2.32. The number of thiophene rings is 1. The Morgan fingerprint density at radius 1 is 1.35 bits per heavy atom. The van der Waals surface area contributed by atoms with Crippen LogP contribution in [0.4, 0.5) is 0 Å². The molecular weight excluding hydrogens is 380 g/mol. The molecule has 6 nitrogen and oxygen atoms in total. The van der Waals surface area contributed by atoms with E-state index < -0.39 is 31.0 Å². The van der Waals surface area contributed by atoms with Crippen LogP contribution in [0.2, 0.25) is 4.34 Å². The maximum absolute atomic E-state index is 12.7. The SMILES string of the molecule is CN(C)CCCN[C@H]1CS(=O)(=O)C[C@@H]1S(=O)(=O)c1ccc(Cl)s1. The first-order chi connectivity index (χ1) is 10.6. The second-order valence-electron chi connectivity index (χ2n) is 5.94. The predicted molar refractivity (Wildman–Crippen MR) is 93.9 cm³/mol. The molecule has 0 saturated carbocycles. The van der Waals surface area contributed by atoms with E-state index in [1.807, 2.05) is 19.0 Å². The van der Waals surface area contributed by atoms with E-state index in [1.165, 1.54) is 12.1 Å². The number of hydrogen-bond acceptors (Lipinski definition) is 7. The quantitative estimate of drug-likeness (QED) is 0.684. The second kappa shape index (κ2) is 7.37. The number of halogens is 1. The molecule has 0 unspecified atom stereocenters. The molecule has 0 aromatic carbocycles. The number of nitrogens with zero attached hydrogens (tertiary/aromatic N) is 1. The Kier molecular flexibility index (Phi) is 6.13. The van der Waals surface area contributed by atoms with Gasteiger partial charge in [-0.2, -0.15) is 0 Å². The van der Waals surface area contributed by atoms with Crippen molar-refractivity contribution in [2.24, 2.45) is 0 Å². The van der Waals surface area contributed by atoms with Gasteiger partial charge in [-0.25, -0.2) is 16.8 Å². The first kappa shape index (κ1) is 19.1. The summed E-state index contributed by atoms with van der Waals surface area (Å²) in [6, 6.07) is 2.38. The fourth-order valence-electron chi connectivity index (χ4n) is 2.59. The molecule has 23 heavy (non-hydrogen) atoms. The van der Waals surface area contributed by atoms with E-state index in [1.54, 1.807) is 0 Å². The normalized spacial score (nSPS) is 24.3. The highest BCUT2D eigenvalue weighted by Gasteiger charge is 2.46. The predicted octanol–water partition coefficient (Wildman–Crippen LogP) is 0.882. The molecule has 1 aliphatic rings. The molecule has 2 rings (SSSR count). The van der Waals surface area contributed by atoms with Crippen molar-refractivity contribution in [1.82, 2.24) is 10.2 Å². The van der Waals surface area contributed by atoms with Gasteiger partial charge in [-0.15, -0.1) is 11.3 Å². The van der Waals surface area contributed by atoms with Crippen LogP contribution in [0, 0.1) is 0 Å². The van der Waals surface area contributed by atoms with Gasteiger partial charge in [0.05, 0.1) is 21.1 Å². The Morgan fingerprint density at radius 2 is 2.04 bits per heavy atom. The average molecular weight is 401 g/mol. The van der Waals surface area contributed by atoms with Crippen molar-refractivity contribution in [2.75, 3.05) is 38.7 Å². The molecule has 1 N–H and O–H groups in total. The Labute approximate surface area is 146 Å². The van der Waals surface area contributed by atoms with E-state index in [-0.39, 0.29) is 15.7 Å². The summed E-state index contributed by atoms with van der Waals surface area (Å²) in [5, 5.41) is 2.16. The zero-order valence-corrected chi connectivity index (χ0v) is 16.2. The summed E-state index contributed by atoms with van der Waals surface area (Å²) in [6.45, 7) is 1.43. The summed E-state index contributed by atoms with van der Waals surface area (Å²) < 4.78 is 49.8. The number of sulfone groups is 2. The van der Waals surface area contributed by atoms with Crippen LogP contribution in [0.15, 0.2) is 16.3 Å². The van der Waals surface area contributed by atoms with E-state index in [0.717, 1.165) is 24.3 Å². The van der Waals surface area contributed by atoms with Crippen molar-refractivity contribution in [2.45, 2.75) is 21.9 Å². The Hall–Kier alpha value is -0.190. The van der Waals surface area contributed by atoms with Crippen molar-refractivity contribution in [3.8, 4) is 0 Å². The van der Waals surface area contributed by atoms with Crippen LogP contribution in [-0.2, 0) is 19.7 Å². The average Bonchev–Trinajstić information content (AvgIpc) is 2.98. The fraction of sp³-hybridized carbons (Fsp3) is 0.692. The molecule has 10 heteroatoms. The van der Waals surface area contributed by atoms with E-state index in [9.17, 15) is 16.8 Å². The Balaban J connectivity index is 2.14. The highest BCUT2D eigenvalue weighted by atomic mass is 35.5. The summed E-state index contributed by atoms with van der Waals surface area (Å²) in [7, 11) is -3.17. The molecular formula is C13H21ClN2O4S3. The topological polar surface area (TPSA) is 83.6 Å². The zero-order valence-electron chi connectivity index (χ0n) is 13.0. The van der Waals surface area contributed by atoms with Crippen LogP contribution in [0.5, 0.6) is 0 Å². The van der Waals surface area contributed by atoms with Crippen LogP contribution in [0.3, 0.4) is 0 Å². The van der Waals surface area contributed by atoms with E-state index >= 15 is 0 Å². The van der Waals surface area contributed by atoms with Gasteiger partial charge in [-0.05, 0) is 45.7 Å². The molecule has 0 radical (unpaired) electrons. The van der Waals surface area contributed by atoms with Crippen molar-refractivity contribution >= 4 is 42.6 Å². The van der Waals surface area contributed by atoms with Gasteiger partial charge in [0.15, 0.2) is 19.7 Å². The van der Waals surface area contributed by atoms with E-state index in [2.05, 4.69) is 5.32 Å². The summed E-state index contributed by atoms with van der Waals surface area (Å²) in [4.78, 5) is 2.02. The molecule has 0 bridgehead atoms. The minimum atomic E-state index is -3.71. The third-order valence-corrected chi connectivity index (χ3v) is 9.62. The molecule has 0 amide bonds. The first-order valence-electron chi connectivity index (χ1n) is 7.19. The molecule has 1 aromatic rings. The molecule has 1 saturated heterocycles. The van der Waals surface area contributed by atoms with Gasteiger partial charge in [0.2, 0.25) is 0 Å². The Morgan fingerprint density at radius 3 is 2.61 bits per heavy atom. The van der Waals surface area contributed by atoms with E-state index in [0.29, 0.717) is 10.9 Å². The van der Waals surface area contributed by atoms with Gasteiger partial charge >= 0.3 is 0 Å². The number of nitrogens with one attached hydrogen (secondary N) is 1. The van der Waals surface area contributed by atoms with Gasteiger partial charge < -0.3 is 10.2 Å². The molecule has 1 aliphatic heterocycles. The minimum absolute atomic E-state index is 0.129. The smallest absolute Gasteiger partial charge is 0.193 e. The number of hydrogen-bond donors (Lipinski definition) is 1. The van der Waals surface area contributed by atoms with Gasteiger partial charge in [0.1, 0.15) is 4.21 Å². The van der Waals surface area contributed by atoms with Crippen molar-refractivity contribution in [3.63, 3.8) is 0 Å². The molecule has 0 spiro atoms. The number of rotatable bonds is 7. The maximum Gasteiger partial charge on any atom is 0.193 e. The van der Waals surface area contributed by atoms with Crippen LogP contribution in [0.1, 0.15) is 6.42 Å². The molecule has 2 atom stereocenters. The summed E-state index contributed by atoms with van der Waals surface area (Å²) >= 11 is 6.78. The first-order valence-corrected chi connectivity index (χ1v) is 11.8. The van der Waals surface area contributed by atoms with Gasteiger partial charge in [-0.3, -0.25) is 0 Å². The molecule has 1 aromatic heterocycles. The lowest BCUT2D eigenvalue weighted by atomic mass is 10.2. The lowest BCUT2D eigenvalue weighted by molar-refractivity contribution is 0.388. The maximum atomic E-state index is 12.7. The van der Waals surface area contributed by atoms with Gasteiger partial charge in [0, 0.05) is 6.04 Å². The third-order valence-electron chi connectivity index (χ3n) is 3.72. The fourth-order valence-corrected chi connectivity index (χ4v) is 9.02. The lowest BCUT2D eigenvalue weighted by Gasteiger charge is -2.19. The standard InChI is InChI=1S/C13H21ClN2O4S3/c1-16(2)7-3-6-15-10-8-22(17,18)9-11(10)23(19,20)13-5-4-12(14)21-13/h4-5,10-11,15H,3,6-9H2,1-2H3/t10-,11-/m0/s1. The van der Waals surface area contributed by atoms with Crippen molar-refractivity contribution < 1.29 is 16.8 Å². The second-order valence-corrected chi connectivity index (χ2v) is 12.2. The van der Waals surface area contributed by atoms with Crippen LogP contribution < -0.4 is 5.32 Å². The van der Waals surface area contributed by atoms with Gasteiger partial charge in [0.25, 0.3) is 0 Å². The lowest BCUT2D eigenvalue weighted by Crippen LogP contribution is -2.43. The third kappa shape index (κ3) is 4.90. The monoisotopic (exact) mass is 400 g/mol. The molecule has 0 aliphatic carbocycles. The van der Waals surface area contributed by atoms with Crippen LogP contribution in [-0.4, -0.2) is 71.7 Å². The zero-order chi connectivity index (χ0) is 17.3. The molecule has 132 valence electrons. The summed E-state index contributed by atoms with van der Waals surface area (Å²) in [5.41, 5.74) is 0. The summed E-state index contributed by atoms with van der Waals surface area (Å²) in [5.74, 6) is -0.478. The van der Waals surface area contributed by atoms with Crippen molar-refractivity contribution in [3.05, 3.63) is 16.5 Å². The van der Waals surface area contributed by atoms with Crippen LogP contribution in [0.25, 0.3) is 0 Å². The summed E-state index contributed by atoms with van der Waals surface area (Å²) in [6.07, 6.45) is 0.821. The minimum Gasteiger partial charge on any atom is -0.312 e. The Bertz CT molecular complexity index is 743. The van der Waals surface area contributed by atoms with Gasteiger partial charge in [-0.1, -0.05) is 11.6 Å². The van der Waals surface area contributed by atoms with Crippen molar-refractivity contribution in [1.29, 1.82) is 0 Å².